The molecule has 1 heterocycles. The summed E-state index contributed by atoms with van der Waals surface area (Å²) < 4.78 is 0. The van der Waals surface area contributed by atoms with Crippen molar-refractivity contribution in [1.29, 1.82) is 0 Å². The van der Waals surface area contributed by atoms with Crippen molar-refractivity contribution in [3.63, 3.8) is 0 Å². The summed E-state index contributed by atoms with van der Waals surface area (Å²) in [6.07, 6.45) is 3.08. The van der Waals surface area contributed by atoms with E-state index in [9.17, 15) is 14.4 Å². The molecule has 0 spiro atoms. The predicted molar refractivity (Wildman–Crippen MR) is 105 cm³/mol. The highest BCUT2D eigenvalue weighted by Gasteiger charge is 2.60. The smallest absolute Gasteiger partial charge is 0.244 e. The van der Waals surface area contributed by atoms with Crippen LogP contribution in [0.15, 0.2) is 54.6 Å². The maximum atomic E-state index is 12.7. The Morgan fingerprint density at radius 3 is 2.04 bits per heavy atom. The number of imide groups is 1. The molecule has 4 atom stereocenters. The van der Waals surface area contributed by atoms with Crippen molar-refractivity contribution in [2.24, 2.45) is 23.7 Å². The van der Waals surface area contributed by atoms with Gasteiger partial charge in [-0.15, -0.1) is 0 Å². The molecule has 0 unspecified atom stereocenters. The SMILES string of the molecule is O=C(CN1C(=O)[C@H]2[C@@H]3CC[C@@H](C3)[C@@H]2C1=O)Nc1ccc(-c2ccccc2)cc1. The molecule has 5 heteroatoms. The van der Waals surface area contributed by atoms with Gasteiger partial charge in [-0.1, -0.05) is 42.5 Å². The van der Waals surface area contributed by atoms with Crippen LogP contribution in [0.5, 0.6) is 0 Å². The molecule has 5 rings (SSSR count). The zero-order chi connectivity index (χ0) is 19.3. The van der Waals surface area contributed by atoms with Crippen molar-refractivity contribution < 1.29 is 14.4 Å². The van der Waals surface area contributed by atoms with Crippen LogP contribution in [0.25, 0.3) is 11.1 Å². The number of carbonyl (C=O) groups is 3. The van der Waals surface area contributed by atoms with Gasteiger partial charge in [0, 0.05) is 5.69 Å². The van der Waals surface area contributed by atoms with Gasteiger partial charge in [-0.25, -0.2) is 0 Å². The molecule has 28 heavy (non-hydrogen) atoms. The number of hydrogen-bond acceptors (Lipinski definition) is 3. The van der Waals surface area contributed by atoms with Gasteiger partial charge in [0.2, 0.25) is 17.7 Å². The van der Waals surface area contributed by atoms with E-state index in [0.29, 0.717) is 17.5 Å². The molecule has 3 fully saturated rings. The molecule has 2 aromatic carbocycles. The second-order valence-corrected chi connectivity index (χ2v) is 8.14. The molecule has 2 saturated carbocycles. The molecule has 0 radical (unpaired) electrons. The average Bonchev–Trinajstić information content (AvgIpc) is 3.39. The largest absolute Gasteiger partial charge is 0.325 e. The minimum atomic E-state index is -0.332. The molecule has 2 aliphatic carbocycles. The Morgan fingerprint density at radius 2 is 1.43 bits per heavy atom. The van der Waals surface area contributed by atoms with Crippen LogP contribution in [0.2, 0.25) is 0 Å². The topological polar surface area (TPSA) is 66.5 Å². The lowest BCUT2D eigenvalue weighted by Gasteiger charge is -2.19. The Labute approximate surface area is 163 Å². The predicted octanol–water partition coefficient (Wildman–Crippen LogP) is 3.32. The number of anilines is 1. The van der Waals surface area contributed by atoms with Crippen LogP contribution in [0, 0.1) is 23.7 Å². The average molecular weight is 374 g/mol. The van der Waals surface area contributed by atoms with Crippen LogP contribution in [0.1, 0.15) is 19.3 Å². The van der Waals surface area contributed by atoms with Crippen LogP contribution in [-0.2, 0) is 14.4 Å². The summed E-state index contributed by atoms with van der Waals surface area (Å²) in [5, 5.41) is 2.81. The standard InChI is InChI=1S/C23H22N2O3/c26-19(24-18-10-8-15(9-11-18)14-4-2-1-3-5-14)13-25-22(27)20-16-6-7-17(12-16)21(20)23(25)28/h1-5,8-11,16-17,20-21H,6-7,12-13H2,(H,24,26)/t16-,17+,20-,21-/m0/s1. The van der Waals surface area contributed by atoms with Gasteiger partial charge in [0.05, 0.1) is 11.8 Å². The molecular weight excluding hydrogens is 352 g/mol. The lowest BCUT2D eigenvalue weighted by Crippen LogP contribution is -2.39. The number of rotatable bonds is 4. The molecule has 5 nitrogen and oxygen atoms in total. The summed E-state index contributed by atoms with van der Waals surface area (Å²) in [5.41, 5.74) is 2.82. The van der Waals surface area contributed by atoms with Crippen LogP contribution in [0.3, 0.4) is 0 Å². The highest BCUT2D eigenvalue weighted by molar-refractivity contribution is 6.09. The van der Waals surface area contributed by atoms with Crippen LogP contribution >= 0.6 is 0 Å². The summed E-state index contributed by atoms with van der Waals surface area (Å²) >= 11 is 0. The van der Waals surface area contributed by atoms with E-state index in [1.807, 2.05) is 54.6 Å². The number of benzene rings is 2. The molecule has 1 saturated heterocycles. The first-order chi connectivity index (χ1) is 13.6. The van der Waals surface area contributed by atoms with E-state index < -0.39 is 0 Å². The van der Waals surface area contributed by atoms with Crippen molar-refractivity contribution in [3.05, 3.63) is 54.6 Å². The minimum absolute atomic E-state index is 0.142. The summed E-state index contributed by atoms with van der Waals surface area (Å²) in [6, 6.07) is 17.6. The number of nitrogens with zero attached hydrogens (tertiary/aromatic N) is 1. The quantitative estimate of drug-likeness (QED) is 0.835. The Bertz CT molecular complexity index is 910. The molecule has 142 valence electrons. The van der Waals surface area contributed by atoms with Crippen molar-refractivity contribution in [2.45, 2.75) is 19.3 Å². The van der Waals surface area contributed by atoms with Gasteiger partial charge < -0.3 is 5.32 Å². The number of fused-ring (bicyclic) bond motifs is 5. The van der Waals surface area contributed by atoms with E-state index >= 15 is 0 Å². The van der Waals surface area contributed by atoms with E-state index in [2.05, 4.69) is 5.32 Å². The van der Waals surface area contributed by atoms with Gasteiger partial charge in [0.1, 0.15) is 6.54 Å². The number of nitrogens with one attached hydrogen (secondary N) is 1. The lowest BCUT2D eigenvalue weighted by molar-refractivity contribution is -0.143. The number of likely N-dealkylation sites (tertiary alicyclic amines) is 1. The zero-order valence-electron chi connectivity index (χ0n) is 15.5. The van der Waals surface area contributed by atoms with Gasteiger partial charge >= 0.3 is 0 Å². The molecule has 1 aliphatic heterocycles. The van der Waals surface area contributed by atoms with Gasteiger partial charge in [-0.3, -0.25) is 19.3 Å². The molecule has 3 aliphatic rings. The molecular formula is C23H22N2O3. The van der Waals surface area contributed by atoms with Crippen molar-refractivity contribution in [1.82, 2.24) is 4.90 Å². The minimum Gasteiger partial charge on any atom is -0.325 e. The van der Waals surface area contributed by atoms with Crippen molar-refractivity contribution in [3.8, 4) is 11.1 Å². The third-order valence-corrected chi connectivity index (χ3v) is 6.60. The van der Waals surface area contributed by atoms with E-state index in [1.54, 1.807) is 0 Å². The summed E-state index contributed by atoms with van der Waals surface area (Å²) in [5.74, 6) is -0.293. The second kappa shape index (κ2) is 6.59. The molecule has 0 aromatic heterocycles. The third-order valence-electron chi connectivity index (χ3n) is 6.60. The number of hydrogen-bond donors (Lipinski definition) is 1. The van der Waals surface area contributed by atoms with Crippen LogP contribution in [0.4, 0.5) is 5.69 Å². The Balaban J connectivity index is 1.24. The van der Waals surface area contributed by atoms with Crippen LogP contribution in [-0.4, -0.2) is 29.2 Å². The monoisotopic (exact) mass is 374 g/mol. The zero-order valence-corrected chi connectivity index (χ0v) is 15.5. The normalized spacial score (nSPS) is 27.9. The van der Waals surface area contributed by atoms with Gasteiger partial charge in [0.25, 0.3) is 0 Å². The van der Waals surface area contributed by atoms with Crippen molar-refractivity contribution in [2.75, 3.05) is 11.9 Å². The highest BCUT2D eigenvalue weighted by Crippen LogP contribution is 2.56. The summed E-state index contributed by atoms with van der Waals surface area (Å²) in [7, 11) is 0. The highest BCUT2D eigenvalue weighted by atomic mass is 16.2. The van der Waals surface area contributed by atoms with E-state index in [1.165, 1.54) is 4.90 Å². The number of amides is 3. The Hall–Kier alpha value is -2.95. The van der Waals surface area contributed by atoms with E-state index in [4.69, 9.17) is 0 Å². The molecule has 2 bridgehead atoms. The van der Waals surface area contributed by atoms with Gasteiger partial charge in [0.15, 0.2) is 0 Å². The molecule has 1 N–H and O–H groups in total. The van der Waals surface area contributed by atoms with E-state index in [-0.39, 0.29) is 36.1 Å². The lowest BCUT2D eigenvalue weighted by atomic mass is 9.81. The Kier molecular flexibility index (Phi) is 4.04. The first kappa shape index (κ1) is 17.2. The van der Waals surface area contributed by atoms with Crippen LogP contribution < -0.4 is 5.32 Å². The fourth-order valence-corrected chi connectivity index (χ4v) is 5.35. The molecule has 3 amide bonds. The second-order valence-electron chi connectivity index (χ2n) is 8.14. The maximum Gasteiger partial charge on any atom is 0.244 e. The fraction of sp³-hybridized carbons (Fsp3) is 0.348. The van der Waals surface area contributed by atoms with E-state index in [0.717, 1.165) is 30.4 Å². The van der Waals surface area contributed by atoms with Gasteiger partial charge in [-0.05, 0) is 54.4 Å². The van der Waals surface area contributed by atoms with Gasteiger partial charge in [-0.2, -0.15) is 0 Å². The first-order valence-electron chi connectivity index (χ1n) is 9.92. The third kappa shape index (κ3) is 2.73. The fourth-order valence-electron chi connectivity index (χ4n) is 5.35. The first-order valence-corrected chi connectivity index (χ1v) is 9.92. The van der Waals surface area contributed by atoms with Crippen molar-refractivity contribution >= 4 is 23.4 Å². The molecule has 2 aromatic rings. The maximum absolute atomic E-state index is 12.7. The Morgan fingerprint density at radius 1 is 0.857 bits per heavy atom. The summed E-state index contributed by atoms with van der Waals surface area (Å²) in [4.78, 5) is 39.0. The summed E-state index contributed by atoms with van der Waals surface area (Å²) in [6.45, 7) is -0.190. The number of carbonyl (C=O) groups excluding carboxylic acids is 3.